The number of halogens is 6. The first-order valence-electron chi connectivity index (χ1n) is 19.1. The molecule has 0 spiro atoms. The van der Waals surface area contributed by atoms with Crippen LogP contribution in [0.2, 0.25) is 0 Å². The Hall–Kier alpha value is -4.35. The number of aliphatic hydroxyl groups is 1. The van der Waals surface area contributed by atoms with E-state index in [1.165, 1.54) is 12.1 Å². The van der Waals surface area contributed by atoms with Gasteiger partial charge in [-0.15, -0.1) is 0 Å². The van der Waals surface area contributed by atoms with Crippen LogP contribution in [0.4, 0.5) is 37.7 Å². The zero-order valence-corrected chi connectivity index (χ0v) is 32.7. The van der Waals surface area contributed by atoms with Crippen LogP contribution in [0.25, 0.3) is 0 Å². The standard InChI is InChI=1S/C39H45F6N7O5S/c1-37(2)35(56)51(27-8-5-24(20-46)30(19-27)38(40,41)42)36(58)52(37)26-9-11-28(12-10-26)57-18-17-49-15-16-50(31(21-49)39(43,44)45)22-33(54)47-25-6-3-23(4-7-25)29-13-14-32(53)48-34(29)55/h3-8,19,26,28-29,31-32,53H,9-18,21-22H2,1-2H3,(H,47,54)(H,48,55)/t26?,28?,29?,31-,32?/m0/s1. The molecule has 58 heavy (non-hydrogen) atoms. The molecule has 3 aliphatic heterocycles. The maximum Gasteiger partial charge on any atom is 0.417 e. The zero-order chi connectivity index (χ0) is 42.2. The molecule has 3 heterocycles. The molecule has 0 radical (unpaired) electrons. The van der Waals surface area contributed by atoms with Gasteiger partial charge in [0, 0.05) is 37.9 Å². The Morgan fingerprint density at radius 1 is 1.02 bits per heavy atom. The molecule has 0 aromatic heterocycles. The molecule has 19 heteroatoms. The van der Waals surface area contributed by atoms with Crippen molar-refractivity contribution in [1.29, 1.82) is 5.26 Å². The largest absolute Gasteiger partial charge is 0.417 e. The molecular formula is C39H45F6N7O5S. The van der Waals surface area contributed by atoms with Gasteiger partial charge in [0.2, 0.25) is 11.8 Å². The fourth-order valence-corrected chi connectivity index (χ4v) is 8.91. The van der Waals surface area contributed by atoms with Crippen molar-refractivity contribution in [2.75, 3.05) is 49.5 Å². The number of alkyl halides is 6. The van der Waals surface area contributed by atoms with Gasteiger partial charge in [0.15, 0.2) is 5.11 Å². The Morgan fingerprint density at radius 3 is 2.33 bits per heavy atom. The number of hydrogen-bond acceptors (Lipinski definition) is 9. The van der Waals surface area contributed by atoms with Gasteiger partial charge in [0.25, 0.3) is 5.91 Å². The summed E-state index contributed by atoms with van der Waals surface area (Å²) in [5.41, 5.74) is -1.89. The van der Waals surface area contributed by atoms with E-state index in [-0.39, 0.29) is 55.1 Å². The number of aliphatic hydroxyl groups excluding tert-OH is 1. The number of nitrogens with one attached hydrogen (secondary N) is 2. The topological polar surface area (TPSA) is 141 Å². The van der Waals surface area contributed by atoms with E-state index in [1.807, 2.05) is 0 Å². The monoisotopic (exact) mass is 837 g/mol. The molecule has 6 rings (SSSR count). The second kappa shape index (κ2) is 17.1. The van der Waals surface area contributed by atoms with Gasteiger partial charge in [-0.2, -0.15) is 31.6 Å². The van der Waals surface area contributed by atoms with Crippen LogP contribution < -0.4 is 15.5 Å². The van der Waals surface area contributed by atoms with E-state index in [9.17, 15) is 51.1 Å². The van der Waals surface area contributed by atoms with Crippen molar-refractivity contribution in [2.45, 2.75) is 101 Å². The maximum atomic E-state index is 14.2. The number of nitriles is 1. The molecule has 1 aliphatic carbocycles. The van der Waals surface area contributed by atoms with Crippen LogP contribution >= 0.6 is 12.2 Å². The molecule has 4 aliphatic rings. The van der Waals surface area contributed by atoms with Gasteiger partial charge in [-0.25, -0.2) is 0 Å². The number of ether oxygens (including phenoxy) is 1. The predicted octanol–water partition coefficient (Wildman–Crippen LogP) is 5.12. The molecule has 3 atom stereocenters. The van der Waals surface area contributed by atoms with Gasteiger partial charge in [0.05, 0.1) is 48.1 Å². The van der Waals surface area contributed by atoms with Crippen LogP contribution in [0.3, 0.4) is 0 Å². The number of carbonyl (C=O) groups excluding carboxylic acids is 3. The highest BCUT2D eigenvalue weighted by Gasteiger charge is 2.53. The van der Waals surface area contributed by atoms with E-state index >= 15 is 0 Å². The molecule has 12 nitrogen and oxygen atoms in total. The minimum Gasteiger partial charge on any atom is -0.377 e. The lowest BCUT2D eigenvalue weighted by Crippen LogP contribution is -2.60. The number of amides is 3. The van der Waals surface area contributed by atoms with E-state index in [2.05, 4.69) is 10.6 Å². The minimum atomic E-state index is -4.81. The Balaban J connectivity index is 0.969. The maximum absolute atomic E-state index is 14.2. The molecule has 0 bridgehead atoms. The lowest BCUT2D eigenvalue weighted by molar-refractivity contribution is -0.197. The number of benzene rings is 2. The van der Waals surface area contributed by atoms with E-state index in [1.54, 1.807) is 47.9 Å². The summed E-state index contributed by atoms with van der Waals surface area (Å²) >= 11 is 5.67. The first-order valence-corrected chi connectivity index (χ1v) is 19.5. The molecule has 3 N–H and O–H groups in total. The van der Waals surface area contributed by atoms with Gasteiger partial charge in [-0.05, 0) is 100 Å². The highest BCUT2D eigenvalue weighted by Crippen LogP contribution is 2.41. The van der Waals surface area contributed by atoms with E-state index < -0.39 is 65.6 Å². The summed E-state index contributed by atoms with van der Waals surface area (Å²) in [7, 11) is 0. The molecule has 314 valence electrons. The van der Waals surface area contributed by atoms with Crippen molar-refractivity contribution in [3.63, 3.8) is 0 Å². The Morgan fingerprint density at radius 2 is 1.71 bits per heavy atom. The highest BCUT2D eigenvalue weighted by atomic mass is 32.1. The van der Waals surface area contributed by atoms with Gasteiger partial charge in [0.1, 0.15) is 17.8 Å². The fraction of sp³-hybridized carbons (Fsp3) is 0.564. The Labute approximate surface area is 337 Å². The third-order valence-corrected chi connectivity index (χ3v) is 11.8. The number of nitrogens with zero attached hydrogens (tertiary/aromatic N) is 5. The Bertz CT molecular complexity index is 1920. The van der Waals surface area contributed by atoms with Crippen molar-refractivity contribution in [3.8, 4) is 6.07 Å². The van der Waals surface area contributed by atoms with Crippen molar-refractivity contribution in [2.24, 2.45) is 0 Å². The van der Waals surface area contributed by atoms with Gasteiger partial charge in [-0.1, -0.05) is 12.1 Å². The van der Waals surface area contributed by atoms with Crippen LogP contribution in [-0.2, 0) is 25.3 Å². The molecule has 1 saturated carbocycles. The van der Waals surface area contributed by atoms with E-state index in [0.717, 1.165) is 21.9 Å². The second-order valence-corrected chi connectivity index (χ2v) is 16.0. The average Bonchev–Trinajstić information content (AvgIpc) is 3.33. The van der Waals surface area contributed by atoms with Crippen LogP contribution in [0.1, 0.15) is 75.0 Å². The van der Waals surface area contributed by atoms with Crippen molar-refractivity contribution in [3.05, 3.63) is 59.2 Å². The second-order valence-electron chi connectivity index (χ2n) is 15.6. The molecular weight excluding hydrogens is 793 g/mol. The van der Waals surface area contributed by atoms with Crippen LogP contribution in [0.5, 0.6) is 0 Å². The summed E-state index contributed by atoms with van der Waals surface area (Å²) in [5.74, 6) is -1.85. The summed E-state index contributed by atoms with van der Waals surface area (Å²) in [6, 6.07) is 9.02. The highest BCUT2D eigenvalue weighted by molar-refractivity contribution is 7.80. The third kappa shape index (κ3) is 9.41. The number of anilines is 2. The van der Waals surface area contributed by atoms with Crippen LogP contribution in [0.15, 0.2) is 42.5 Å². The van der Waals surface area contributed by atoms with Gasteiger partial charge >= 0.3 is 12.4 Å². The molecule has 4 fully saturated rings. The van der Waals surface area contributed by atoms with Crippen LogP contribution in [-0.4, -0.2) is 118 Å². The van der Waals surface area contributed by atoms with E-state index in [4.69, 9.17) is 17.0 Å². The average molecular weight is 838 g/mol. The summed E-state index contributed by atoms with van der Waals surface area (Å²) in [4.78, 5) is 44.3. The quantitative estimate of drug-likeness (QED) is 0.218. The first-order chi connectivity index (χ1) is 27.3. The lowest BCUT2D eigenvalue weighted by Gasteiger charge is -2.42. The summed E-state index contributed by atoms with van der Waals surface area (Å²) in [6.45, 7) is 3.23. The number of rotatable bonds is 10. The molecule has 2 aromatic rings. The number of carbonyl (C=O) groups is 3. The van der Waals surface area contributed by atoms with Crippen molar-refractivity contribution >= 4 is 46.4 Å². The van der Waals surface area contributed by atoms with Crippen LogP contribution in [0, 0.1) is 11.3 Å². The van der Waals surface area contributed by atoms with Crippen molar-refractivity contribution < 1.29 is 50.6 Å². The van der Waals surface area contributed by atoms with Gasteiger partial charge < -0.3 is 25.4 Å². The molecule has 2 unspecified atom stereocenters. The number of piperidine rings is 1. The smallest absolute Gasteiger partial charge is 0.377 e. The predicted molar refractivity (Wildman–Crippen MR) is 203 cm³/mol. The van der Waals surface area contributed by atoms with Gasteiger partial charge in [-0.3, -0.25) is 29.1 Å². The minimum absolute atomic E-state index is 0.00550. The molecule has 2 aromatic carbocycles. The first kappa shape index (κ1) is 43.2. The number of thiocarbonyl (C=S) groups is 1. The molecule has 3 amide bonds. The normalized spacial score (nSPS) is 26.1. The van der Waals surface area contributed by atoms with Crippen molar-refractivity contribution in [1.82, 2.24) is 20.0 Å². The Kier molecular flexibility index (Phi) is 12.7. The molecule has 3 saturated heterocycles. The fourth-order valence-electron chi connectivity index (χ4n) is 8.35. The third-order valence-electron chi connectivity index (χ3n) is 11.4. The summed E-state index contributed by atoms with van der Waals surface area (Å²) in [5, 5.41) is 24.0. The number of piperazine rings is 1. The zero-order valence-electron chi connectivity index (χ0n) is 31.9. The lowest BCUT2D eigenvalue weighted by atomic mass is 9.89. The summed E-state index contributed by atoms with van der Waals surface area (Å²) in [6.07, 6.45) is -7.36. The summed E-state index contributed by atoms with van der Waals surface area (Å²) < 4.78 is 90.0. The SMILES string of the molecule is CC1(C)C(=O)N(c2ccc(C#N)c(C(F)(F)F)c2)C(=S)N1C1CCC(OCCN2CCN(CC(=O)Nc3ccc(C4CCC(O)NC4=O)cc3)[C@H](C(F)(F)F)C2)CC1. The van der Waals surface area contributed by atoms with E-state index in [0.29, 0.717) is 56.3 Å². The number of hydrogen-bond donors (Lipinski definition) is 3.